The van der Waals surface area contributed by atoms with Crippen LogP contribution in [0.5, 0.6) is 0 Å². The lowest BCUT2D eigenvalue weighted by molar-refractivity contribution is 0.0600. The lowest BCUT2D eigenvalue weighted by atomic mass is 10.2. The van der Waals surface area contributed by atoms with Gasteiger partial charge in [-0.3, -0.25) is 4.98 Å². The van der Waals surface area contributed by atoms with Crippen LogP contribution in [0.2, 0.25) is 0 Å². The summed E-state index contributed by atoms with van der Waals surface area (Å²) in [7, 11) is 3.51. The molecule has 2 rings (SSSR count). The quantitative estimate of drug-likeness (QED) is 0.566. The van der Waals surface area contributed by atoms with Crippen molar-refractivity contribution in [3.63, 3.8) is 0 Å². The second-order valence-electron chi connectivity index (χ2n) is 5.78. The molecule has 2 aromatic rings. The van der Waals surface area contributed by atoms with Crippen molar-refractivity contribution in [2.45, 2.75) is 19.5 Å². The summed E-state index contributed by atoms with van der Waals surface area (Å²) >= 11 is 0. The standard InChI is InChI=1S/C19H25N3O2/c1-22(15-16-7-4-3-5-8-16)12-6-11-20-14-18-10-9-17(13-21-18)19(23)24-2/h3-5,7-10,13,20H,6,11-12,14-15H2,1-2H3. The molecule has 0 unspecified atom stereocenters. The second-order valence-corrected chi connectivity index (χ2v) is 5.78. The van der Waals surface area contributed by atoms with E-state index >= 15 is 0 Å². The van der Waals surface area contributed by atoms with Crippen molar-refractivity contribution in [3.8, 4) is 0 Å². The number of aromatic nitrogens is 1. The lowest BCUT2D eigenvalue weighted by Crippen LogP contribution is -2.24. The zero-order valence-electron chi connectivity index (χ0n) is 14.4. The van der Waals surface area contributed by atoms with Gasteiger partial charge in [-0.1, -0.05) is 30.3 Å². The number of carbonyl (C=O) groups is 1. The lowest BCUT2D eigenvalue weighted by Gasteiger charge is -2.16. The van der Waals surface area contributed by atoms with Crippen molar-refractivity contribution in [1.29, 1.82) is 0 Å². The van der Waals surface area contributed by atoms with E-state index in [4.69, 9.17) is 0 Å². The number of ether oxygens (including phenoxy) is 1. The maximum Gasteiger partial charge on any atom is 0.339 e. The number of rotatable bonds is 9. The summed E-state index contributed by atoms with van der Waals surface area (Å²) in [4.78, 5) is 17.9. The van der Waals surface area contributed by atoms with E-state index in [9.17, 15) is 4.79 Å². The number of pyridine rings is 1. The summed E-state index contributed by atoms with van der Waals surface area (Å²) < 4.78 is 4.65. The first-order valence-corrected chi connectivity index (χ1v) is 8.15. The minimum Gasteiger partial charge on any atom is -0.465 e. The topological polar surface area (TPSA) is 54.5 Å². The molecule has 0 bridgehead atoms. The van der Waals surface area contributed by atoms with Crippen LogP contribution in [0.3, 0.4) is 0 Å². The van der Waals surface area contributed by atoms with Crippen LogP contribution in [0.15, 0.2) is 48.7 Å². The van der Waals surface area contributed by atoms with Crippen LogP contribution in [0.4, 0.5) is 0 Å². The van der Waals surface area contributed by atoms with E-state index in [0.717, 1.165) is 31.7 Å². The Kier molecular flexibility index (Phi) is 7.39. The molecule has 5 heteroatoms. The van der Waals surface area contributed by atoms with Crippen molar-refractivity contribution in [2.75, 3.05) is 27.2 Å². The summed E-state index contributed by atoms with van der Waals surface area (Å²) in [6, 6.07) is 14.1. The van der Waals surface area contributed by atoms with Gasteiger partial charge in [0.15, 0.2) is 0 Å². The van der Waals surface area contributed by atoms with Crippen LogP contribution in [-0.2, 0) is 17.8 Å². The first-order valence-electron chi connectivity index (χ1n) is 8.15. The first kappa shape index (κ1) is 18.1. The highest BCUT2D eigenvalue weighted by molar-refractivity contribution is 5.88. The van der Waals surface area contributed by atoms with Gasteiger partial charge in [-0.25, -0.2) is 4.79 Å². The van der Waals surface area contributed by atoms with E-state index in [1.807, 2.05) is 12.1 Å². The van der Waals surface area contributed by atoms with Crippen LogP contribution in [0.25, 0.3) is 0 Å². The number of hydrogen-bond acceptors (Lipinski definition) is 5. The smallest absolute Gasteiger partial charge is 0.339 e. The Hall–Kier alpha value is -2.24. The Bertz CT molecular complexity index is 614. The Balaban J connectivity index is 1.61. The zero-order valence-corrected chi connectivity index (χ0v) is 14.4. The van der Waals surface area contributed by atoms with Crippen molar-refractivity contribution in [1.82, 2.24) is 15.2 Å². The molecular weight excluding hydrogens is 302 g/mol. The molecule has 0 aliphatic heterocycles. The monoisotopic (exact) mass is 327 g/mol. The maximum absolute atomic E-state index is 11.3. The van der Waals surface area contributed by atoms with Crippen molar-refractivity contribution in [3.05, 3.63) is 65.5 Å². The number of methoxy groups -OCH3 is 1. The van der Waals surface area contributed by atoms with Gasteiger partial charge in [0, 0.05) is 19.3 Å². The fourth-order valence-corrected chi connectivity index (χ4v) is 2.43. The zero-order chi connectivity index (χ0) is 17.2. The Labute approximate surface area is 143 Å². The maximum atomic E-state index is 11.3. The van der Waals surface area contributed by atoms with Crippen LogP contribution in [0, 0.1) is 0 Å². The van der Waals surface area contributed by atoms with E-state index < -0.39 is 0 Å². The number of benzene rings is 1. The third-order valence-electron chi connectivity index (χ3n) is 3.74. The molecule has 0 aliphatic rings. The SMILES string of the molecule is COC(=O)c1ccc(CNCCCN(C)Cc2ccccc2)nc1. The summed E-state index contributed by atoms with van der Waals surface area (Å²) in [5.74, 6) is -0.358. The molecule has 1 aromatic heterocycles. The molecule has 0 saturated heterocycles. The fraction of sp³-hybridized carbons (Fsp3) is 0.368. The molecule has 1 N–H and O–H groups in total. The molecule has 0 amide bonds. The highest BCUT2D eigenvalue weighted by Crippen LogP contribution is 2.03. The van der Waals surface area contributed by atoms with E-state index in [0.29, 0.717) is 12.1 Å². The Morgan fingerprint density at radius 3 is 2.67 bits per heavy atom. The molecule has 0 radical (unpaired) electrons. The van der Waals surface area contributed by atoms with Crippen molar-refractivity contribution < 1.29 is 9.53 Å². The summed E-state index contributed by atoms with van der Waals surface area (Å²) in [5.41, 5.74) is 2.73. The average Bonchev–Trinajstić information content (AvgIpc) is 2.62. The van der Waals surface area contributed by atoms with Gasteiger partial charge in [-0.2, -0.15) is 0 Å². The minimum atomic E-state index is -0.358. The molecule has 5 nitrogen and oxygen atoms in total. The van der Waals surface area contributed by atoms with E-state index in [2.05, 4.69) is 51.3 Å². The van der Waals surface area contributed by atoms with Crippen molar-refractivity contribution in [2.24, 2.45) is 0 Å². The summed E-state index contributed by atoms with van der Waals surface area (Å²) in [6.07, 6.45) is 2.63. The third-order valence-corrected chi connectivity index (χ3v) is 3.74. The largest absolute Gasteiger partial charge is 0.465 e. The van der Waals surface area contributed by atoms with Gasteiger partial charge in [0.1, 0.15) is 0 Å². The molecule has 24 heavy (non-hydrogen) atoms. The van der Waals surface area contributed by atoms with Gasteiger partial charge >= 0.3 is 5.97 Å². The minimum absolute atomic E-state index is 0.358. The van der Waals surface area contributed by atoms with Gasteiger partial charge in [0.2, 0.25) is 0 Å². The van der Waals surface area contributed by atoms with Gasteiger partial charge in [0.25, 0.3) is 0 Å². The first-order chi connectivity index (χ1) is 11.7. The van der Waals surface area contributed by atoms with E-state index in [-0.39, 0.29) is 5.97 Å². The Morgan fingerprint density at radius 1 is 1.21 bits per heavy atom. The molecule has 0 aliphatic carbocycles. The van der Waals surface area contributed by atoms with E-state index in [1.54, 1.807) is 12.3 Å². The van der Waals surface area contributed by atoms with Crippen molar-refractivity contribution >= 4 is 5.97 Å². The van der Waals surface area contributed by atoms with Gasteiger partial charge in [-0.15, -0.1) is 0 Å². The molecule has 0 atom stereocenters. The normalized spacial score (nSPS) is 10.8. The number of hydrogen-bond donors (Lipinski definition) is 1. The fourth-order valence-electron chi connectivity index (χ4n) is 2.43. The number of nitrogens with zero attached hydrogens (tertiary/aromatic N) is 2. The van der Waals surface area contributed by atoms with Crippen LogP contribution in [-0.4, -0.2) is 43.1 Å². The molecular formula is C19H25N3O2. The number of esters is 1. The predicted octanol–water partition coefficient (Wildman–Crippen LogP) is 2.48. The number of nitrogens with one attached hydrogen (secondary N) is 1. The molecule has 0 fully saturated rings. The Morgan fingerprint density at radius 2 is 2.00 bits per heavy atom. The molecule has 0 spiro atoms. The average molecular weight is 327 g/mol. The highest BCUT2D eigenvalue weighted by Gasteiger charge is 2.05. The highest BCUT2D eigenvalue weighted by atomic mass is 16.5. The third kappa shape index (κ3) is 6.10. The molecule has 1 aromatic carbocycles. The predicted molar refractivity (Wildman–Crippen MR) is 94.7 cm³/mol. The van der Waals surface area contributed by atoms with Crippen LogP contribution in [0.1, 0.15) is 28.0 Å². The second kappa shape index (κ2) is 9.80. The summed E-state index contributed by atoms with van der Waals surface area (Å²) in [5, 5.41) is 3.38. The van der Waals surface area contributed by atoms with Crippen LogP contribution >= 0.6 is 0 Å². The van der Waals surface area contributed by atoms with Gasteiger partial charge < -0.3 is 15.0 Å². The molecule has 1 heterocycles. The molecule has 0 saturated carbocycles. The number of carbonyl (C=O) groups excluding carboxylic acids is 1. The molecule has 128 valence electrons. The van der Waals surface area contributed by atoms with E-state index in [1.165, 1.54) is 12.7 Å². The van der Waals surface area contributed by atoms with Gasteiger partial charge in [0.05, 0.1) is 18.4 Å². The summed E-state index contributed by atoms with van der Waals surface area (Å²) in [6.45, 7) is 3.64. The van der Waals surface area contributed by atoms with Crippen LogP contribution < -0.4 is 5.32 Å². The van der Waals surface area contributed by atoms with Gasteiger partial charge in [-0.05, 0) is 44.3 Å².